The molecule has 6 heteroatoms. The van der Waals surface area contributed by atoms with Crippen molar-refractivity contribution in [3.05, 3.63) is 40.1 Å². The number of halogens is 2. The van der Waals surface area contributed by atoms with Gasteiger partial charge in [-0.1, -0.05) is 16.1 Å². The molecule has 0 unspecified atom stereocenters. The van der Waals surface area contributed by atoms with Gasteiger partial charge in [-0.3, -0.25) is 0 Å². The maximum absolute atomic E-state index is 12.6. The zero-order valence-electron chi connectivity index (χ0n) is 7.48. The first-order chi connectivity index (χ1) is 7.25. The van der Waals surface area contributed by atoms with Gasteiger partial charge in [0.25, 0.3) is 0 Å². The van der Waals surface area contributed by atoms with Crippen molar-refractivity contribution in [2.24, 2.45) is 0 Å². The summed E-state index contributed by atoms with van der Waals surface area (Å²) >= 11 is 8.58. The summed E-state index contributed by atoms with van der Waals surface area (Å²) in [4.78, 5) is 0.987. The van der Waals surface area contributed by atoms with Crippen LogP contribution in [0.15, 0.2) is 29.2 Å². The molecular weight excluding hydrogens is 255 g/mol. The van der Waals surface area contributed by atoms with E-state index in [1.54, 1.807) is 23.9 Å². The molecule has 0 aliphatic rings. The molecule has 2 rings (SSSR count). The quantitative estimate of drug-likeness (QED) is 0.789. The van der Waals surface area contributed by atoms with Gasteiger partial charge in [-0.15, -0.1) is 16.9 Å². The summed E-state index contributed by atoms with van der Waals surface area (Å²) in [7, 11) is 0. The molecule has 0 saturated carbocycles. The molecule has 1 heterocycles. The van der Waals surface area contributed by atoms with E-state index in [-0.39, 0.29) is 5.82 Å². The zero-order valence-corrected chi connectivity index (χ0v) is 9.87. The highest BCUT2D eigenvalue weighted by atomic mass is 35.5. The number of hydrogen-bond acceptors (Lipinski definition) is 4. The Balaban J connectivity index is 1.99. The third kappa shape index (κ3) is 2.90. The van der Waals surface area contributed by atoms with Gasteiger partial charge in [-0.05, 0) is 24.3 Å². The molecule has 0 bridgehead atoms. The number of aromatic nitrogens is 2. The van der Waals surface area contributed by atoms with E-state index in [1.165, 1.54) is 23.7 Å². The summed E-state index contributed by atoms with van der Waals surface area (Å²) in [5.74, 6) is 0.425. The lowest BCUT2D eigenvalue weighted by molar-refractivity contribution is 0.626. The minimum atomic E-state index is -0.229. The fourth-order valence-electron chi connectivity index (χ4n) is 0.966. The van der Waals surface area contributed by atoms with E-state index in [9.17, 15) is 4.39 Å². The first-order valence-corrected chi connectivity index (χ1v) is 6.24. The van der Waals surface area contributed by atoms with Crippen LogP contribution >= 0.6 is 34.9 Å². The Labute approximate surface area is 99.6 Å². The van der Waals surface area contributed by atoms with Crippen LogP contribution in [-0.4, -0.2) is 9.59 Å². The van der Waals surface area contributed by atoms with Crippen LogP contribution in [0.5, 0.6) is 0 Å². The van der Waals surface area contributed by atoms with Crippen molar-refractivity contribution in [1.82, 2.24) is 9.59 Å². The Morgan fingerprint density at radius 2 is 2.07 bits per heavy atom. The van der Waals surface area contributed by atoms with Gasteiger partial charge in [0.15, 0.2) is 0 Å². The van der Waals surface area contributed by atoms with Crippen LogP contribution in [0, 0.1) is 5.82 Å². The molecule has 0 N–H and O–H groups in total. The van der Waals surface area contributed by atoms with Crippen LogP contribution in [0.4, 0.5) is 4.39 Å². The highest BCUT2D eigenvalue weighted by Gasteiger charge is 2.05. The van der Waals surface area contributed by atoms with E-state index in [0.29, 0.717) is 10.1 Å². The van der Waals surface area contributed by atoms with E-state index < -0.39 is 0 Å². The summed E-state index contributed by atoms with van der Waals surface area (Å²) in [5.41, 5.74) is 0.774. The molecule has 1 aromatic carbocycles. The molecule has 2 aromatic rings. The molecule has 1 aromatic heterocycles. The lowest BCUT2D eigenvalue weighted by atomic mass is 10.4. The second kappa shape index (κ2) is 4.92. The minimum Gasteiger partial charge on any atom is -0.207 e. The average Bonchev–Trinajstić information content (AvgIpc) is 2.63. The molecule has 0 spiro atoms. The second-order valence-corrected chi connectivity index (χ2v) is 5.14. The SMILES string of the molecule is Fc1ccc(SCc2nnsc2Cl)cc1. The maximum Gasteiger partial charge on any atom is 0.138 e. The summed E-state index contributed by atoms with van der Waals surface area (Å²) in [5, 5.41) is 3.89. The Hall–Kier alpha value is -0.650. The first-order valence-electron chi connectivity index (χ1n) is 4.11. The fraction of sp³-hybridized carbons (Fsp3) is 0.111. The highest BCUT2D eigenvalue weighted by Crippen LogP contribution is 2.26. The Morgan fingerprint density at radius 1 is 1.33 bits per heavy atom. The molecule has 2 nitrogen and oxygen atoms in total. The molecule has 0 fully saturated rings. The maximum atomic E-state index is 12.6. The van der Waals surface area contributed by atoms with Crippen molar-refractivity contribution in [3.63, 3.8) is 0 Å². The molecule has 0 radical (unpaired) electrons. The largest absolute Gasteiger partial charge is 0.207 e. The minimum absolute atomic E-state index is 0.229. The van der Waals surface area contributed by atoms with Crippen molar-refractivity contribution in [1.29, 1.82) is 0 Å². The normalized spacial score (nSPS) is 10.5. The van der Waals surface area contributed by atoms with Crippen molar-refractivity contribution < 1.29 is 4.39 Å². The molecule has 78 valence electrons. The van der Waals surface area contributed by atoms with Crippen molar-refractivity contribution in [2.75, 3.05) is 0 Å². The van der Waals surface area contributed by atoms with E-state index in [1.807, 2.05) is 0 Å². The second-order valence-electron chi connectivity index (χ2n) is 2.74. The van der Waals surface area contributed by atoms with Gasteiger partial charge in [0.2, 0.25) is 0 Å². The van der Waals surface area contributed by atoms with Gasteiger partial charge in [-0.25, -0.2) is 4.39 Å². The molecule has 0 aliphatic carbocycles. The first kappa shape index (κ1) is 10.9. The topological polar surface area (TPSA) is 25.8 Å². The number of hydrogen-bond donors (Lipinski definition) is 0. The summed E-state index contributed by atoms with van der Waals surface area (Å²) in [6.45, 7) is 0. The van der Waals surface area contributed by atoms with E-state index >= 15 is 0 Å². The molecule has 0 saturated heterocycles. The van der Waals surface area contributed by atoms with Gasteiger partial charge in [-0.2, -0.15) is 0 Å². The lowest BCUT2D eigenvalue weighted by Crippen LogP contribution is -1.82. The Morgan fingerprint density at radius 3 is 2.67 bits per heavy atom. The Bertz CT molecular complexity index is 444. The molecule has 15 heavy (non-hydrogen) atoms. The van der Waals surface area contributed by atoms with E-state index in [4.69, 9.17) is 11.6 Å². The molecule has 0 amide bonds. The van der Waals surface area contributed by atoms with Gasteiger partial charge < -0.3 is 0 Å². The standard InChI is InChI=1S/C9H6ClFN2S2/c10-9-8(12-13-15-9)5-14-7-3-1-6(11)2-4-7/h1-4H,5H2. The van der Waals surface area contributed by atoms with Crippen molar-refractivity contribution in [2.45, 2.75) is 10.6 Å². The van der Waals surface area contributed by atoms with Gasteiger partial charge in [0.05, 0.1) is 0 Å². The Kier molecular flexibility index (Phi) is 3.56. The van der Waals surface area contributed by atoms with E-state index in [2.05, 4.69) is 9.59 Å². The van der Waals surface area contributed by atoms with Crippen LogP contribution in [0.3, 0.4) is 0 Å². The smallest absolute Gasteiger partial charge is 0.138 e. The van der Waals surface area contributed by atoms with Gasteiger partial charge >= 0.3 is 0 Å². The summed E-state index contributed by atoms with van der Waals surface area (Å²) in [6, 6.07) is 6.33. The van der Waals surface area contributed by atoms with Crippen molar-refractivity contribution >= 4 is 34.9 Å². The van der Waals surface area contributed by atoms with Crippen LogP contribution in [0.2, 0.25) is 4.34 Å². The number of rotatable bonds is 3. The highest BCUT2D eigenvalue weighted by molar-refractivity contribution is 7.98. The van der Waals surface area contributed by atoms with E-state index in [0.717, 1.165) is 10.6 Å². The molecular formula is C9H6ClFN2S2. The van der Waals surface area contributed by atoms with Crippen LogP contribution in [-0.2, 0) is 5.75 Å². The zero-order chi connectivity index (χ0) is 10.7. The number of benzene rings is 1. The van der Waals surface area contributed by atoms with Crippen LogP contribution in [0.25, 0.3) is 0 Å². The number of nitrogens with zero attached hydrogens (tertiary/aromatic N) is 2. The summed E-state index contributed by atoms with van der Waals surface area (Å²) in [6.07, 6.45) is 0. The fourth-order valence-corrected chi connectivity index (χ4v) is 2.60. The van der Waals surface area contributed by atoms with Crippen LogP contribution in [0.1, 0.15) is 5.69 Å². The average molecular weight is 261 g/mol. The predicted molar refractivity (Wildman–Crippen MR) is 60.9 cm³/mol. The molecule has 0 aliphatic heterocycles. The summed E-state index contributed by atoms with van der Waals surface area (Å²) < 4.78 is 17.0. The van der Waals surface area contributed by atoms with Gasteiger partial charge in [0, 0.05) is 22.2 Å². The molecule has 0 atom stereocenters. The third-order valence-electron chi connectivity index (χ3n) is 1.70. The monoisotopic (exact) mass is 260 g/mol. The third-order valence-corrected chi connectivity index (χ3v) is 3.71. The van der Waals surface area contributed by atoms with Crippen molar-refractivity contribution in [3.8, 4) is 0 Å². The predicted octanol–water partition coefficient (Wildman–Crippen LogP) is 3.62. The van der Waals surface area contributed by atoms with Crippen LogP contribution < -0.4 is 0 Å². The lowest BCUT2D eigenvalue weighted by Gasteiger charge is -1.98. The van der Waals surface area contributed by atoms with Gasteiger partial charge in [0.1, 0.15) is 15.8 Å². The number of thioether (sulfide) groups is 1.